The Hall–Kier alpha value is -2.66. The number of ether oxygens (including phenoxy) is 1. The van der Waals surface area contributed by atoms with Gasteiger partial charge in [-0.25, -0.2) is 0 Å². The van der Waals surface area contributed by atoms with Crippen LogP contribution < -0.4 is 10.1 Å². The van der Waals surface area contributed by atoms with Gasteiger partial charge in [0.2, 0.25) is 0 Å². The second-order valence-corrected chi connectivity index (χ2v) is 7.28. The summed E-state index contributed by atoms with van der Waals surface area (Å²) in [5.41, 5.74) is 1.73. The van der Waals surface area contributed by atoms with Crippen molar-refractivity contribution in [1.82, 2.24) is 5.32 Å². The zero-order valence-corrected chi connectivity index (χ0v) is 15.4. The van der Waals surface area contributed by atoms with Gasteiger partial charge in [-0.15, -0.1) is 0 Å². The molecular formula is C21H23NO4. The number of carbonyl (C=O) groups is 2. The average molecular weight is 353 g/mol. The summed E-state index contributed by atoms with van der Waals surface area (Å²) in [6, 6.07) is 11.7. The average Bonchev–Trinajstić information content (AvgIpc) is 2.58. The summed E-state index contributed by atoms with van der Waals surface area (Å²) in [7, 11) is 0. The summed E-state index contributed by atoms with van der Waals surface area (Å²) in [4.78, 5) is 24.5. The number of rotatable bonds is 3. The fourth-order valence-electron chi connectivity index (χ4n) is 3.19. The highest BCUT2D eigenvalue weighted by Gasteiger charge is 2.43. The van der Waals surface area contributed by atoms with Crippen LogP contribution in [0, 0.1) is 6.92 Å². The van der Waals surface area contributed by atoms with Crippen molar-refractivity contribution in [2.75, 3.05) is 0 Å². The second-order valence-electron chi connectivity index (χ2n) is 7.28. The first-order chi connectivity index (χ1) is 12.2. The van der Waals surface area contributed by atoms with Crippen molar-refractivity contribution < 1.29 is 19.4 Å². The predicted octanol–water partition coefficient (Wildman–Crippen LogP) is 3.20. The van der Waals surface area contributed by atoms with Gasteiger partial charge in [0, 0.05) is 16.7 Å². The highest BCUT2D eigenvalue weighted by Crippen LogP contribution is 2.40. The quantitative estimate of drug-likeness (QED) is 0.831. The number of nitrogens with one attached hydrogen (secondary N) is 1. The standard InChI is InChI=1S/C21H23NO4/c1-12-6-5-7-15(10-12)20(25)22-18-16-11-14(13(2)23)8-9-17(16)26-21(3,4)19(18)24/h5-11,18-19,24H,1-4H3,(H,22,25). The number of aliphatic hydroxyl groups is 1. The van der Waals surface area contributed by atoms with Crippen LogP contribution in [0.4, 0.5) is 0 Å². The van der Waals surface area contributed by atoms with E-state index < -0.39 is 17.7 Å². The monoisotopic (exact) mass is 353 g/mol. The fraction of sp³-hybridized carbons (Fsp3) is 0.333. The number of ketones is 1. The number of carbonyl (C=O) groups excluding carboxylic acids is 2. The molecule has 3 rings (SSSR count). The molecule has 0 spiro atoms. The van der Waals surface area contributed by atoms with Crippen molar-refractivity contribution in [3.05, 3.63) is 64.7 Å². The number of fused-ring (bicyclic) bond motifs is 1. The maximum absolute atomic E-state index is 12.7. The molecule has 0 radical (unpaired) electrons. The van der Waals surface area contributed by atoms with Crippen molar-refractivity contribution in [1.29, 1.82) is 0 Å². The Morgan fingerprint density at radius 2 is 1.85 bits per heavy atom. The van der Waals surface area contributed by atoms with E-state index in [4.69, 9.17) is 4.74 Å². The van der Waals surface area contributed by atoms with Crippen LogP contribution in [-0.4, -0.2) is 28.5 Å². The largest absolute Gasteiger partial charge is 0.485 e. The van der Waals surface area contributed by atoms with E-state index in [-0.39, 0.29) is 11.7 Å². The Bertz CT molecular complexity index is 872. The third-order valence-electron chi connectivity index (χ3n) is 4.72. The van der Waals surface area contributed by atoms with Crippen molar-refractivity contribution in [2.45, 2.75) is 45.4 Å². The van der Waals surface area contributed by atoms with E-state index in [1.54, 1.807) is 44.2 Å². The lowest BCUT2D eigenvalue weighted by molar-refractivity contribution is -0.0627. The van der Waals surface area contributed by atoms with Crippen LogP contribution in [0.5, 0.6) is 5.75 Å². The fourth-order valence-corrected chi connectivity index (χ4v) is 3.19. The summed E-state index contributed by atoms with van der Waals surface area (Å²) >= 11 is 0. The molecule has 2 aromatic rings. The minimum Gasteiger partial charge on any atom is -0.485 e. The van der Waals surface area contributed by atoms with Crippen LogP contribution in [-0.2, 0) is 0 Å². The minimum absolute atomic E-state index is 0.0871. The van der Waals surface area contributed by atoms with E-state index >= 15 is 0 Å². The summed E-state index contributed by atoms with van der Waals surface area (Å²) in [5.74, 6) is 0.186. The summed E-state index contributed by atoms with van der Waals surface area (Å²) in [5, 5.41) is 13.7. The molecule has 136 valence electrons. The van der Waals surface area contributed by atoms with Gasteiger partial charge in [-0.1, -0.05) is 17.7 Å². The van der Waals surface area contributed by atoms with Gasteiger partial charge in [-0.3, -0.25) is 9.59 Å². The van der Waals surface area contributed by atoms with Gasteiger partial charge in [0.1, 0.15) is 17.5 Å². The van der Waals surface area contributed by atoms with Crippen LogP contribution >= 0.6 is 0 Å². The van der Waals surface area contributed by atoms with E-state index in [0.717, 1.165) is 5.56 Å². The molecule has 0 aliphatic carbocycles. The summed E-state index contributed by atoms with van der Waals surface area (Å²) in [6.45, 7) is 6.93. The first-order valence-corrected chi connectivity index (χ1v) is 8.58. The minimum atomic E-state index is -0.967. The van der Waals surface area contributed by atoms with Crippen LogP contribution in [0.3, 0.4) is 0 Å². The molecule has 2 unspecified atom stereocenters. The molecule has 0 saturated carbocycles. The molecule has 1 aliphatic rings. The molecule has 1 aliphatic heterocycles. The van der Waals surface area contributed by atoms with E-state index in [1.165, 1.54) is 6.92 Å². The molecule has 0 fully saturated rings. The Labute approximate surface area is 153 Å². The molecule has 2 N–H and O–H groups in total. The van der Waals surface area contributed by atoms with Crippen LogP contribution in [0.25, 0.3) is 0 Å². The summed E-state index contributed by atoms with van der Waals surface area (Å²) in [6.07, 6.45) is -0.967. The Kier molecular flexibility index (Phi) is 4.59. The van der Waals surface area contributed by atoms with E-state index in [2.05, 4.69) is 5.32 Å². The molecule has 26 heavy (non-hydrogen) atoms. The Morgan fingerprint density at radius 1 is 1.12 bits per heavy atom. The smallest absolute Gasteiger partial charge is 0.251 e. The molecule has 2 atom stereocenters. The van der Waals surface area contributed by atoms with Gasteiger partial charge in [0.05, 0.1) is 6.04 Å². The molecule has 1 heterocycles. The maximum Gasteiger partial charge on any atom is 0.251 e. The topological polar surface area (TPSA) is 75.6 Å². The lowest BCUT2D eigenvalue weighted by Gasteiger charge is -2.42. The van der Waals surface area contributed by atoms with E-state index in [1.807, 2.05) is 19.1 Å². The Balaban J connectivity index is 2.00. The van der Waals surface area contributed by atoms with Crippen LogP contribution in [0.15, 0.2) is 42.5 Å². The van der Waals surface area contributed by atoms with Gasteiger partial charge in [-0.05, 0) is 58.0 Å². The Morgan fingerprint density at radius 3 is 2.50 bits per heavy atom. The molecule has 0 bridgehead atoms. The van der Waals surface area contributed by atoms with Crippen molar-refractivity contribution in [2.24, 2.45) is 0 Å². The number of hydrogen-bond donors (Lipinski definition) is 2. The number of Topliss-reactive ketones (excluding diaryl/α,β-unsaturated/α-hetero) is 1. The zero-order chi connectivity index (χ0) is 19.1. The third-order valence-corrected chi connectivity index (χ3v) is 4.72. The number of benzene rings is 2. The van der Waals surface area contributed by atoms with Gasteiger partial charge in [0.15, 0.2) is 5.78 Å². The van der Waals surface area contributed by atoms with Crippen molar-refractivity contribution in [3.8, 4) is 5.75 Å². The molecule has 0 saturated heterocycles. The van der Waals surface area contributed by atoms with Crippen LogP contribution in [0.2, 0.25) is 0 Å². The van der Waals surface area contributed by atoms with Gasteiger partial charge >= 0.3 is 0 Å². The SMILES string of the molecule is CC(=O)c1ccc2c(c1)C(NC(=O)c1cccc(C)c1)C(O)C(C)(C)O2. The molecule has 5 heteroatoms. The highest BCUT2D eigenvalue weighted by atomic mass is 16.5. The molecule has 1 amide bonds. The van der Waals surface area contributed by atoms with Gasteiger partial charge in [-0.2, -0.15) is 0 Å². The normalized spacial score (nSPS) is 20.7. The summed E-state index contributed by atoms with van der Waals surface area (Å²) < 4.78 is 5.89. The molecule has 0 aromatic heterocycles. The lowest BCUT2D eigenvalue weighted by Crippen LogP contribution is -2.53. The number of aliphatic hydroxyl groups excluding tert-OH is 1. The molecular weight excluding hydrogens is 330 g/mol. The highest BCUT2D eigenvalue weighted by molar-refractivity contribution is 5.96. The number of aryl methyl sites for hydroxylation is 1. The van der Waals surface area contributed by atoms with Crippen LogP contribution in [0.1, 0.15) is 58.7 Å². The number of hydrogen-bond acceptors (Lipinski definition) is 4. The van der Waals surface area contributed by atoms with E-state index in [9.17, 15) is 14.7 Å². The zero-order valence-electron chi connectivity index (χ0n) is 15.4. The molecule has 2 aromatic carbocycles. The molecule has 5 nitrogen and oxygen atoms in total. The third kappa shape index (κ3) is 3.35. The second kappa shape index (κ2) is 6.57. The maximum atomic E-state index is 12.7. The van der Waals surface area contributed by atoms with Crippen molar-refractivity contribution in [3.63, 3.8) is 0 Å². The first-order valence-electron chi connectivity index (χ1n) is 8.58. The lowest BCUT2D eigenvalue weighted by atomic mass is 9.85. The van der Waals surface area contributed by atoms with Crippen molar-refractivity contribution >= 4 is 11.7 Å². The van der Waals surface area contributed by atoms with Gasteiger partial charge < -0.3 is 15.2 Å². The first kappa shape index (κ1) is 18.1. The number of amides is 1. The predicted molar refractivity (Wildman–Crippen MR) is 98.5 cm³/mol. The van der Waals surface area contributed by atoms with E-state index in [0.29, 0.717) is 22.4 Å². The van der Waals surface area contributed by atoms with Gasteiger partial charge in [0.25, 0.3) is 5.91 Å².